The molecule has 0 atom stereocenters. The fourth-order valence-corrected chi connectivity index (χ4v) is 5.96. The second-order valence-corrected chi connectivity index (χ2v) is 9.78. The number of aromatic nitrogens is 2. The van der Waals surface area contributed by atoms with Crippen LogP contribution in [-0.4, -0.2) is 34.7 Å². The molecule has 2 heterocycles. The van der Waals surface area contributed by atoms with Crippen LogP contribution in [0.2, 0.25) is 0 Å². The van der Waals surface area contributed by atoms with Crippen molar-refractivity contribution >= 4 is 40.0 Å². The van der Waals surface area contributed by atoms with E-state index in [1.54, 1.807) is 0 Å². The first-order chi connectivity index (χ1) is 15.5. The lowest BCUT2D eigenvalue weighted by molar-refractivity contribution is -0.115. The Hall–Kier alpha value is -2.71. The van der Waals surface area contributed by atoms with Crippen LogP contribution in [0.4, 0.5) is 5.00 Å². The number of nitrogens with zero attached hydrogens (tertiary/aromatic N) is 2. The standard InChI is InChI=1S/C24H25N3O3S2/c1-15-25-18(16-8-4-3-5-9-16)14-21(26-15)31-13-12-20(28)27-23-22(24(29)30-2)17-10-6-7-11-19(17)32-23/h3-5,8-9,14H,6-7,10-13H2,1-2H3,(H,27,28). The van der Waals surface area contributed by atoms with Crippen LogP contribution >= 0.6 is 23.1 Å². The maximum atomic E-state index is 12.6. The molecular weight excluding hydrogens is 442 g/mol. The lowest BCUT2D eigenvalue weighted by Crippen LogP contribution is -2.15. The van der Waals surface area contributed by atoms with Crippen LogP contribution in [0.15, 0.2) is 41.4 Å². The van der Waals surface area contributed by atoms with Crippen molar-refractivity contribution in [3.05, 3.63) is 58.2 Å². The zero-order valence-electron chi connectivity index (χ0n) is 18.1. The number of anilines is 1. The topological polar surface area (TPSA) is 81.2 Å². The van der Waals surface area contributed by atoms with E-state index in [0.29, 0.717) is 28.6 Å². The molecule has 0 saturated carbocycles. The molecular formula is C24H25N3O3S2. The van der Waals surface area contributed by atoms with Crippen molar-refractivity contribution in [2.75, 3.05) is 18.2 Å². The number of rotatable bonds is 7. The number of aryl methyl sites for hydroxylation is 2. The number of ether oxygens (including phenoxy) is 1. The molecule has 1 aliphatic rings. The van der Waals surface area contributed by atoms with Crippen LogP contribution in [0, 0.1) is 6.92 Å². The first-order valence-electron chi connectivity index (χ1n) is 10.6. The summed E-state index contributed by atoms with van der Waals surface area (Å²) in [6.45, 7) is 1.87. The normalized spacial score (nSPS) is 12.8. The van der Waals surface area contributed by atoms with Gasteiger partial charge in [0.15, 0.2) is 0 Å². The van der Waals surface area contributed by atoms with Crippen LogP contribution in [0.5, 0.6) is 0 Å². The van der Waals surface area contributed by atoms with Gasteiger partial charge >= 0.3 is 5.97 Å². The summed E-state index contributed by atoms with van der Waals surface area (Å²) in [5.41, 5.74) is 3.49. The Morgan fingerprint density at radius 1 is 1.16 bits per heavy atom. The molecule has 166 valence electrons. The van der Waals surface area contributed by atoms with Crippen molar-refractivity contribution < 1.29 is 14.3 Å². The van der Waals surface area contributed by atoms with Gasteiger partial charge in [-0.3, -0.25) is 4.79 Å². The Kier molecular flexibility index (Phi) is 7.22. The van der Waals surface area contributed by atoms with Crippen molar-refractivity contribution in [2.24, 2.45) is 0 Å². The third kappa shape index (κ3) is 5.19. The molecule has 0 aliphatic heterocycles. The van der Waals surface area contributed by atoms with E-state index in [4.69, 9.17) is 4.74 Å². The van der Waals surface area contributed by atoms with Gasteiger partial charge in [-0.2, -0.15) is 0 Å². The molecule has 0 unspecified atom stereocenters. The van der Waals surface area contributed by atoms with Crippen molar-refractivity contribution in [3.8, 4) is 11.3 Å². The Balaban J connectivity index is 1.40. The number of carbonyl (C=O) groups excluding carboxylic acids is 2. The van der Waals surface area contributed by atoms with Crippen LogP contribution < -0.4 is 5.32 Å². The molecule has 32 heavy (non-hydrogen) atoms. The van der Waals surface area contributed by atoms with Crippen molar-refractivity contribution in [2.45, 2.75) is 44.1 Å². The van der Waals surface area contributed by atoms with Crippen LogP contribution in [-0.2, 0) is 22.4 Å². The SMILES string of the molecule is COC(=O)c1c(NC(=O)CCSc2cc(-c3ccccc3)nc(C)n2)sc2c1CCCC2. The van der Waals surface area contributed by atoms with E-state index in [9.17, 15) is 9.59 Å². The van der Waals surface area contributed by atoms with Gasteiger partial charge in [-0.15, -0.1) is 23.1 Å². The second-order valence-electron chi connectivity index (χ2n) is 7.56. The predicted molar refractivity (Wildman–Crippen MR) is 128 cm³/mol. The summed E-state index contributed by atoms with van der Waals surface area (Å²) in [7, 11) is 1.38. The number of benzene rings is 1. The van der Waals surface area contributed by atoms with E-state index in [0.717, 1.165) is 47.5 Å². The maximum Gasteiger partial charge on any atom is 0.341 e. The molecule has 8 heteroatoms. The lowest BCUT2D eigenvalue weighted by Gasteiger charge is -2.11. The van der Waals surface area contributed by atoms with Gasteiger partial charge in [0.1, 0.15) is 15.9 Å². The smallest absolute Gasteiger partial charge is 0.341 e. The molecule has 1 amide bonds. The van der Waals surface area contributed by atoms with Gasteiger partial charge in [-0.25, -0.2) is 14.8 Å². The Morgan fingerprint density at radius 3 is 2.72 bits per heavy atom. The number of carbonyl (C=O) groups is 2. The van der Waals surface area contributed by atoms with Gasteiger partial charge in [-0.05, 0) is 44.2 Å². The first-order valence-corrected chi connectivity index (χ1v) is 12.4. The molecule has 0 radical (unpaired) electrons. The highest BCUT2D eigenvalue weighted by molar-refractivity contribution is 7.99. The zero-order chi connectivity index (χ0) is 22.5. The van der Waals surface area contributed by atoms with Crippen LogP contribution in [0.3, 0.4) is 0 Å². The zero-order valence-corrected chi connectivity index (χ0v) is 19.8. The minimum Gasteiger partial charge on any atom is -0.465 e. The molecule has 0 bridgehead atoms. The van der Waals surface area contributed by atoms with E-state index >= 15 is 0 Å². The molecule has 1 N–H and O–H groups in total. The highest BCUT2D eigenvalue weighted by Gasteiger charge is 2.26. The Labute approximate surface area is 195 Å². The molecule has 2 aromatic heterocycles. The molecule has 0 saturated heterocycles. The van der Waals surface area contributed by atoms with Gasteiger partial charge in [0.25, 0.3) is 0 Å². The number of thioether (sulfide) groups is 1. The van der Waals surface area contributed by atoms with Gasteiger partial charge < -0.3 is 10.1 Å². The average Bonchev–Trinajstić information content (AvgIpc) is 3.16. The molecule has 4 rings (SSSR count). The minimum absolute atomic E-state index is 0.115. The van der Waals surface area contributed by atoms with E-state index in [2.05, 4.69) is 15.3 Å². The highest BCUT2D eigenvalue weighted by Crippen LogP contribution is 2.38. The average molecular weight is 468 g/mol. The lowest BCUT2D eigenvalue weighted by atomic mass is 9.95. The molecule has 1 aliphatic carbocycles. The van der Waals surface area contributed by atoms with Crippen LogP contribution in [0.25, 0.3) is 11.3 Å². The quantitative estimate of drug-likeness (QED) is 0.288. The first kappa shape index (κ1) is 22.5. The Bertz CT molecular complexity index is 1130. The number of fused-ring (bicyclic) bond motifs is 1. The van der Waals surface area contributed by atoms with E-state index in [1.807, 2.05) is 43.3 Å². The van der Waals surface area contributed by atoms with Crippen molar-refractivity contribution in [1.29, 1.82) is 0 Å². The third-order valence-electron chi connectivity index (χ3n) is 5.28. The summed E-state index contributed by atoms with van der Waals surface area (Å²) in [5, 5.41) is 4.40. The summed E-state index contributed by atoms with van der Waals surface area (Å²) >= 11 is 3.03. The number of esters is 1. The fraction of sp³-hybridized carbons (Fsp3) is 0.333. The van der Waals surface area contributed by atoms with Gasteiger partial charge in [0.2, 0.25) is 5.91 Å². The van der Waals surface area contributed by atoms with Gasteiger partial charge in [0, 0.05) is 22.6 Å². The van der Waals surface area contributed by atoms with E-state index in [-0.39, 0.29) is 11.9 Å². The fourth-order valence-electron chi connectivity index (χ4n) is 3.78. The monoisotopic (exact) mass is 467 g/mol. The second kappa shape index (κ2) is 10.3. The van der Waals surface area contributed by atoms with E-state index in [1.165, 1.54) is 35.1 Å². The van der Waals surface area contributed by atoms with Gasteiger partial charge in [-0.1, -0.05) is 30.3 Å². The maximum absolute atomic E-state index is 12.6. The summed E-state index contributed by atoms with van der Waals surface area (Å²) in [5.74, 6) is 0.786. The molecule has 3 aromatic rings. The number of methoxy groups -OCH3 is 1. The molecule has 6 nitrogen and oxygen atoms in total. The molecule has 0 fully saturated rings. The van der Waals surface area contributed by atoms with Gasteiger partial charge in [0.05, 0.1) is 18.4 Å². The van der Waals surface area contributed by atoms with E-state index < -0.39 is 0 Å². The summed E-state index contributed by atoms with van der Waals surface area (Å²) in [6, 6.07) is 11.9. The van der Waals surface area contributed by atoms with Crippen molar-refractivity contribution in [3.63, 3.8) is 0 Å². The largest absolute Gasteiger partial charge is 0.465 e. The predicted octanol–water partition coefficient (Wildman–Crippen LogP) is 5.30. The number of amides is 1. The number of thiophene rings is 1. The third-order valence-corrected chi connectivity index (χ3v) is 7.40. The summed E-state index contributed by atoms with van der Waals surface area (Å²) in [4.78, 5) is 35.2. The summed E-state index contributed by atoms with van der Waals surface area (Å²) < 4.78 is 4.98. The molecule has 1 aromatic carbocycles. The highest BCUT2D eigenvalue weighted by atomic mass is 32.2. The summed E-state index contributed by atoms with van der Waals surface area (Å²) in [6.07, 6.45) is 4.30. The number of hydrogen-bond acceptors (Lipinski definition) is 7. The number of hydrogen-bond donors (Lipinski definition) is 1. The van der Waals surface area contributed by atoms with Crippen LogP contribution in [0.1, 0.15) is 45.9 Å². The Morgan fingerprint density at radius 2 is 1.94 bits per heavy atom. The number of nitrogens with one attached hydrogen (secondary N) is 1. The van der Waals surface area contributed by atoms with Crippen molar-refractivity contribution in [1.82, 2.24) is 9.97 Å². The minimum atomic E-state index is -0.376. The molecule has 0 spiro atoms.